The average molecular weight is 198 g/mol. The second-order valence-corrected chi connectivity index (χ2v) is 4.68. The molecule has 0 aromatic heterocycles. The summed E-state index contributed by atoms with van der Waals surface area (Å²) in [5.74, 6) is 0. The van der Waals surface area contributed by atoms with Crippen LogP contribution in [0.1, 0.15) is 25.7 Å². The van der Waals surface area contributed by atoms with Crippen LogP contribution in [0.3, 0.4) is 0 Å². The van der Waals surface area contributed by atoms with E-state index in [4.69, 9.17) is 4.74 Å². The second kappa shape index (κ2) is 4.60. The monoisotopic (exact) mass is 198 g/mol. The lowest BCUT2D eigenvalue weighted by Gasteiger charge is -2.41. The van der Waals surface area contributed by atoms with Crippen LogP contribution in [0.5, 0.6) is 0 Å². The van der Waals surface area contributed by atoms with Gasteiger partial charge in [-0.05, 0) is 12.8 Å². The second-order valence-electron chi connectivity index (χ2n) is 4.68. The highest BCUT2D eigenvalue weighted by molar-refractivity contribution is 4.97. The van der Waals surface area contributed by atoms with Crippen LogP contribution < -0.4 is 5.32 Å². The summed E-state index contributed by atoms with van der Waals surface area (Å²) in [5, 5.41) is 3.72. The first-order valence-corrected chi connectivity index (χ1v) is 5.81. The molecule has 2 aliphatic rings. The largest absolute Gasteiger partial charge is 0.383 e. The van der Waals surface area contributed by atoms with Crippen molar-refractivity contribution in [3.63, 3.8) is 0 Å². The first-order chi connectivity index (χ1) is 6.85. The lowest BCUT2D eigenvalue weighted by molar-refractivity contribution is 0.0955. The fraction of sp³-hybridized carbons (Fsp3) is 1.00. The lowest BCUT2D eigenvalue weighted by Crippen LogP contribution is -2.59. The molecule has 3 nitrogen and oxygen atoms in total. The van der Waals surface area contributed by atoms with E-state index in [1.165, 1.54) is 38.8 Å². The van der Waals surface area contributed by atoms with Crippen LogP contribution >= 0.6 is 0 Å². The molecule has 1 saturated carbocycles. The fourth-order valence-electron chi connectivity index (χ4n) is 2.84. The summed E-state index contributed by atoms with van der Waals surface area (Å²) < 4.78 is 5.13. The van der Waals surface area contributed by atoms with Crippen molar-refractivity contribution < 1.29 is 4.74 Å². The Morgan fingerprint density at radius 1 is 1.36 bits per heavy atom. The molecule has 0 atom stereocenters. The van der Waals surface area contributed by atoms with Gasteiger partial charge in [0.05, 0.1) is 6.61 Å². The Hall–Kier alpha value is -0.120. The number of rotatable bonds is 3. The number of nitrogens with zero attached hydrogens (tertiary/aromatic N) is 1. The molecule has 1 aliphatic heterocycles. The van der Waals surface area contributed by atoms with Crippen LogP contribution in [0.4, 0.5) is 0 Å². The van der Waals surface area contributed by atoms with Crippen molar-refractivity contribution in [1.82, 2.24) is 10.2 Å². The van der Waals surface area contributed by atoms with E-state index in [0.29, 0.717) is 5.54 Å². The SMILES string of the molecule is COCCN1CCNC2(CCCC2)C1. The van der Waals surface area contributed by atoms with Gasteiger partial charge >= 0.3 is 0 Å². The molecule has 1 heterocycles. The average Bonchev–Trinajstić information content (AvgIpc) is 2.63. The summed E-state index contributed by atoms with van der Waals surface area (Å²) in [6, 6.07) is 0. The first-order valence-electron chi connectivity index (χ1n) is 5.81. The highest BCUT2D eigenvalue weighted by atomic mass is 16.5. The molecule has 0 amide bonds. The van der Waals surface area contributed by atoms with Gasteiger partial charge in [-0.15, -0.1) is 0 Å². The predicted molar refractivity (Wildman–Crippen MR) is 57.5 cm³/mol. The molecular formula is C11H22N2O. The van der Waals surface area contributed by atoms with E-state index < -0.39 is 0 Å². The number of hydrogen-bond acceptors (Lipinski definition) is 3. The molecule has 0 radical (unpaired) electrons. The maximum Gasteiger partial charge on any atom is 0.0589 e. The van der Waals surface area contributed by atoms with Crippen LogP contribution in [0, 0.1) is 0 Å². The third-order valence-corrected chi connectivity index (χ3v) is 3.63. The molecular weight excluding hydrogens is 176 g/mol. The van der Waals surface area contributed by atoms with Crippen molar-refractivity contribution in [2.24, 2.45) is 0 Å². The zero-order valence-corrected chi connectivity index (χ0v) is 9.22. The summed E-state index contributed by atoms with van der Waals surface area (Å²) >= 11 is 0. The summed E-state index contributed by atoms with van der Waals surface area (Å²) in [7, 11) is 1.79. The van der Waals surface area contributed by atoms with E-state index in [-0.39, 0.29) is 0 Å². The predicted octanol–water partition coefficient (Wildman–Crippen LogP) is 0.851. The molecule has 3 heteroatoms. The highest BCUT2D eigenvalue weighted by Crippen LogP contribution is 2.31. The maximum atomic E-state index is 5.13. The lowest BCUT2D eigenvalue weighted by atomic mass is 9.94. The van der Waals surface area contributed by atoms with Crippen LogP contribution in [0.15, 0.2) is 0 Å². The van der Waals surface area contributed by atoms with Gasteiger partial charge in [-0.1, -0.05) is 12.8 Å². The van der Waals surface area contributed by atoms with E-state index in [1.807, 2.05) is 0 Å². The van der Waals surface area contributed by atoms with E-state index in [9.17, 15) is 0 Å². The number of methoxy groups -OCH3 is 1. The Kier molecular flexibility index (Phi) is 3.42. The Morgan fingerprint density at radius 3 is 2.86 bits per heavy atom. The number of hydrogen-bond donors (Lipinski definition) is 1. The zero-order valence-electron chi connectivity index (χ0n) is 9.22. The molecule has 1 N–H and O–H groups in total. The smallest absolute Gasteiger partial charge is 0.0589 e. The third kappa shape index (κ3) is 2.27. The van der Waals surface area contributed by atoms with Gasteiger partial charge in [-0.2, -0.15) is 0 Å². The fourth-order valence-corrected chi connectivity index (χ4v) is 2.84. The molecule has 1 spiro atoms. The molecule has 1 saturated heterocycles. The number of piperazine rings is 1. The van der Waals surface area contributed by atoms with Crippen molar-refractivity contribution in [2.45, 2.75) is 31.2 Å². The third-order valence-electron chi connectivity index (χ3n) is 3.63. The Labute approximate surface area is 86.8 Å². The summed E-state index contributed by atoms with van der Waals surface area (Å²) in [6.45, 7) is 5.54. The molecule has 2 fully saturated rings. The molecule has 1 aliphatic carbocycles. The van der Waals surface area contributed by atoms with Gasteiger partial charge in [0, 0.05) is 38.8 Å². The molecule has 2 rings (SSSR count). The van der Waals surface area contributed by atoms with Crippen LogP contribution in [-0.2, 0) is 4.74 Å². The van der Waals surface area contributed by atoms with Gasteiger partial charge in [0.1, 0.15) is 0 Å². The Balaban J connectivity index is 1.83. The molecule has 0 aromatic carbocycles. The molecule has 0 unspecified atom stereocenters. The minimum absolute atomic E-state index is 0.464. The van der Waals surface area contributed by atoms with Crippen molar-refractivity contribution >= 4 is 0 Å². The minimum atomic E-state index is 0.464. The quantitative estimate of drug-likeness (QED) is 0.727. The minimum Gasteiger partial charge on any atom is -0.383 e. The molecule has 0 bridgehead atoms. The number of ether oxygens (including phenoxy) is 1. The van der Waals surface area contributed by atoms with Gasteiger partial charge < -0.3 is 10.1 Å². The van der Waals surface area contributed by atoms with Gasteiger partial charge in [0.15, 0.2) is 0 Å². The summed E-state index contributed by atoms with van der Waals surface area (Å²) in [5.41, 5.74) is 0.464. The van der Waals surface area contributed by atoms with E-state index in [1.54, 1.807) is 7.11 Å². The van der Waals surface area contributed by atoms with E-state index in [2.05, 4.69) is 10.2 Å². The standard InChI is InChI=1S/C11H22N2O/c1-14-9-8-13-7-6-12-11(10-13)4-2-3-5-11/h12H,2-10H2,1H3. The van der Waals surface area contributed by atoms with Gasteiger partial charge in [0.25, 0.3) is 0 Å². The number of nitrogens with one attached hydrogen (secondary N) is 1. The van der Waals surface area contributed by atoms with Crippen molar-refractivity contribution in [2.75, 3.05) is 39.9 Å². The highest BCUT2D eigenvalue weighted by Gasteiger charge is 2.37. The topological polar surface area (TPSA) is 24.5 Å². The maximum absolute atomic E-state index is 5.13. The molecule has 0 aromatic rings. The summed E-state index contributed by atoms with van der Waals surface area (Å²) in [6.07, 6.45) is 5.56. The van der Waals surface area contributed by atoms with Gasteiger partial charge in [-0.25, -0.2) is 0 Å². The Morgan fingerprint density at radius 2 is 2.14 bits per heavy atom. The van der Waals surface area contributed by atoms with Gasteiger partial charge in [-0.3, -0.25) is 4.90 Å². The van der Waals surface area contributed by atoms with E-state index >= 15 is 0 Å². The van der Waals surface area contributed by atoms with Crippen LogP contribution in [0.2, 0.25) is 0 Å². The summed E-state index contributed by atoms with van der Waals surface area (Å²) in [4.78, 5) is 2.55. The van der Waals surface area contributed by atoms with Gasteiger partial charge in [0.2, 0.25) is 0 Å². The van der Waals surface area contributed by atoms with E-state index in [0.717, 1.165) is 19.7 Å². The molecule has 14 heavy (non-hydrogen) atoms. The van der Waals surface area contributed by atoms with Crippen LogP contribution in [0.25, 0.3) is 0 Å². The van der Waals surface area contributed by atoms with Crippen LogP contribution in [-0.4, -0.2) is 50.3 Å². The van der Waals surface area contributed by atoms with Crippen molar-refractivity contribution in [3.8, 4) is 0 Å². The van der Waals surface area contributed by atoms with Crippen molar-refractivity contribution in [3.05, 3.63) is 0 Å². The molecule has 82 valence electrons. The van der Waals surface area contributed by atoms with Crippen molar-refractivity contribution in [1.29, 1.82) is 0 Å². The first kappa shape index (κ1) is 10.4. The Bertz CT molecular complexity index is 178. The zero-order chi connectivity index (χ0) is 9.86. The normalized spacial score (nSPS) is 27.2.